The summed E-state index contributed by atoms with van der Waals surface area (Å²) in [5.41, 5.74) is 0.385. The van der Waals surface area contributed by atoms with Crippen molar-refractivity contribution in [2.45, 2.75) is 71.4 Å². The molecule has 0 aromatic carbocycles. The van der Waals surface area contributed by atoms with Crippen LogP contribution in [0, 0.1) is 17.3 Å². The second-order valence-electron chi connectivity index (χ2n) is 7.58. The lowest BCUT2D eigenvalue weighted by Crippen LogP contribution is -2.34. The number of rotatable bonds is 1. The smallest absolute Gasteiger partial charge is 0.0914 e. The standard InChI is InChI=1S/C18H30B/c1-17(2,3)18(19-4)13-8-7-11-15-9-5-6-10-16(15)12-14-18/h5-6,9-10,15-16H,7-8,11-14H2,1-4H3. The molecular weight excluding hydrogens is 227 g/mol. The molecule has 3 unspecified atom stereocenters. The van der Waals surface area contributed by atoms with Gasteiger partial charge in [-0.3, -0.25) is 0 Å². The number of hydrogen-bond donors (Lipinski definition) is 0. The number of allylic oxidation sites excluding steroid dienone is 4. The van der Waals surface area contributed by atoms with Crippen LogP contribution < -0.4 is 0 Å². The largest absolute Gasteiger partial charge is 0.115 e. The van der Waals surface area contributed by atoms with E-state index in [0.717, 1.165) is 11.8 Å². The first-order chi connectivity index (χ1) is 8.98. The van der Waals surface area contributed by atoms with Gasteiger partial charge in [0, 0.05) is 0 Å². The van der Waals surface area contributed by atoms with Gasteiger partial charge in [0.25, 0.3) is 0 Å². The summed E-state index contributed by atoms with van der Waals surface area (Å²) in [5, 5.41) is 0.427. The lowest BCUT2D eigenvalue weighted by Gasteiger charge is -2.45. The minimum absolute atomic E-state index is 0.385. The van der Waals surface area contributed by atoms with E-state index in [1.807, 2.05) is 0 Å². The van der Waals surface area contributed by atoms with E-state index >= 15 is 0 Å². The van der Waals surface area contributed by atoms with Crippen LogP contribution in [0.2, 0.25) is 12.1 Å². The van der Waals surface area contributed by atoms with Crippen molar-refractivity contribution in [1.29, 1.82) is 0 Å². The fourth-order valence-corrected chi connectivity index (χ4v) is 4.16. The minimum atomic E-state index is 0.385. The van der Waals surface area contributed by atoms with Gasteiger partial charge < -0.3 is 0 Å². The average molecular weight is 257 g/mol. The highest BCUT2D eigenvalue weighted by Crippen LogP contribution is 2.54. The molecule has 0 nitrogen and oxygen atoms in total. The normalized spacial score (nSPS) is 36.0. The fraction of sp³-hybridized carbons (Fsp3) is 0.778. The summed E-state index contributed by atoms with van der Waals surface area (Å²) in [6.07, 6.45) is 17.7. The highest BCUT2D eigenvalue weighted by atomic mass is 14.4. The molecular formula is C18H30B. The van der Waals surface area contributed by atoms with Crippen molar-refractivity contribution >= 4 is 7.28 Å². The Morgan fingerprint density at radius 3 is 2.16 bits per heavy atom. The predicted octanol–water partition coefficient (Wildman–Crippen LogP) is 5.66. The van der Waals surface area contributed by atoms with Crippen molar-refractivity contribution in [1.82, 2.24) is 0 Å². The maximum Gasteiger partial charge on any atom is 0.115 e. The zero-order chi connectivity index (χ0) is 13.9. The van der Waals surface area contributed by atoms with E-state index in [9.17, 15) is 0 Å². The number of fused-ring (bicyclic) bond motifs is 1. The Balaban J connectivity index is 2.17. The van der Waals surface area contributed by atoms with Gasteiger partial charge in [-0.2, -0.15) is 0 Å². The summed E-state index contributed by atoms with van der Waals surface area (Å²) in [7, 11) is 2.52. The third-order valence-electron chi connectivity index (χ3n) is 5.76. The summed E-state index contributed by atoms with van der Waals surface area (Å²) in [5.74, 6) is 1.59. The van der Waals surface area contributed by atoms with Crippen molar-refractivity contribution in [3.63, 3.8) is 0 Å². The highest BCUT2D eigenvalue weighted by molar-refractivity contribution is 6.38. The molecule has 0 spiro atoms. The van der Waals surface area contributed by atoms with Gasteiger partial charge in [0.2, 0.25) is 0 Å². The maximum absolute atomic E-state index is 2.52. The molecule has 1 saturated carbocycles. The SMILES string of the molecule is C[B]C1(C(C)(C)C)CCCCC2C=CC=CC2CC1. The lowest BCUT2D eigenvalue weighted by atomic mass is 9.41. The van der Waals surface area contributed by atoms with Gasteiger partial charge in [-0.25, -0.2) is 0 Å². The molecule has 1 radical (unpaired) electrons. The van der Waals surface area contributed by atoms with Crippen LogP contribution in [0.5, 0.6) is 0 Å². The van der Waals surface area contributed by atoms with Crippen LogP contribution in [0.1, 0.15) is 59.3 Å². The van der Waals surface area contributed by atoms with E-state index in [-0.39, 0.29) is 0 Å². The Labute approximate surface area is 121 Å². The molecule has 0 amide bonds. The molecule has 1 fully saturated rings. The van der Waals surface area contributed by atoms with Gasteiger partial charge in [0.1, 0.15) is 7.28 Å². The van der Waals surface area contributed by atoms with Gasteiger partial charge in [0.15, 0.2) is 0 Å². The molecule has 2 aliphatic rings. The average Bonchev–Trinajstić information content (AvgIpc) is 2.46. The first-order valence-corrected chi connectivity index (χ1v) is 8.14. The fourth-order valence-electron chi connectivity index (χ4n) is 4.16. The van der Waals surface area contributed by atoms with E-state index in [4.69, 9.17) is 0 Å². The van der Waals surface area contributed by atoms with Crippen molar-refractivity contribution < 1.29 is 0 Å². The quantitative estimate of drug-likeness (QED) is 0.532. The monoisotopic (exact) mass is 257 g/mol. The maximum atomic E-state index is 2.52. The summed E-state index contributed by atoms with van der Waals surface area (Å²) < 4.78 is 0. The van der Waals surface area contributed by atoms with Gasteiger partial charge in [-0.1, -0.05) is 82.9 Å². The molecule has 0 bridgehead atoms. The summed E-state index contributed by atoms with van der Waals surface area (Å²) in [6.45, 7) is 9.58. The second-order valence-corrected chi connectivity index (χ2v) is 7.58. The molecule has 0 saturated heterocycles. The first kappa shape index (κ1) is 14.9. The molecule has 0 aromatic heterocycles. The predicted molar refractivity (Wildman–Crippen MR) is 86.7 cm³/mol. The molecule has 0 heterocycles. The molecule has 0 N–H and O–H groups in total. The molecule has 105 valence electrons. The molecule has 3 atom stereocenters. The van der Waals surface area contributed by atoms with E-state index in [1.54, 1.807) is 0 Å². The van der Waals surface area contributed by atoms with Crippen LogP contribution in [0.15, 0.2) is 24.3 Å². The van der Waals surface area contributed by atoms with Crippen LogP contribution in [0.4, 0.5) is 0 Å². The van der Waals surface area contributed by atoms with Gasteiger partial charge in [-0.15, -0.1) is 0 Å². The third kappa shape index (κ3) is 3.17. The minimum Gasteiger partial charge on any atom is -0.0914 e. The second kappa shape index (κ2) is 5.89. The van der Waals surface area contributed by atoms with Crippen LogP contribution in [0.25, 0.3) is 0 Å². The number of hydrogen-bond acceptors (Lipinski definition) is 0. The topological polar surface area (TPSA) is 0 Å². The summed E-state index contributed by atoms with van der Waals surface area (Å²) in [4.78, 5) is 0. The molecule has 19 heavy (non-hydrogen) atoms. The third-order valence-corrected chi connectivity index (χ3v) is 5.76. The summed E-state index contributed by atoms with van der Waals surface area (Å²) in [6, 6.07) is 0. The molecule has 0 aromatic rings. The van der Waals surface area contributed by atoms with Gasteiger partial charge >= 0.3 is 0 Å². The molecule has 2 rings (SSSR count). The Bertz CT molecular complexity index is 347. The van der Waals surface area contributed by atoms with Gasteiger partial charge in [-0.05, 0) is 30.1 Å². The van der Waals surface area contributed by atoms with Crippen molar-refractivity contribution in [3.05, 3.63) is 24.3 Å². The van der Waals surface area contributed by atoms with Crippen LogP contribution in [-0.4, -0.2) is 7.28 Å². The van der Waals surface area contributed by atoms with Crippen LogP contribution >= 0.6 is 0 Å². The van der Waals surface area contributed by atoms with Crippen molar-refractivity contribution in [2.24, 2.45) is 17.3 Å². The van der Waals surface area contributed by atoms with E-state index in [1.165, 1.54) is 38.5 Å². The van der Waals surface area contributed by atoms with E-state index in [2.05, 4.69) is 59.2 Å². The Morgan fingerprint density at radius 1 is 0.947 bits per heavy atom. The molecule has 2 aliphatic carbocycles. The van der Waals surface area contributed by atoms with Gasteiger partial charge in [0.05, 0.1) is 0 Å². The Morgan fingerprint density at radius 2 is 1.58 bits per heavy atom. The van der Waals surface area contributed by atoms with Crippen LogP contribution in [0.3, 0.4) is 0 Å². The van der Waals surface area contributed by atoms with Crippen molar-refractivity contribution in [3.8, 4) is 0 Å². The Hall–Kier alpha value is -0.455. The van der Waals surface area contributed by atoms with E-state index < -0.39 is 0 Å². The summed E-state index contributed by atoms with van der Waals surface area (Å²) >= 11 is 0. The first-order valence-electron chi connectivity index (χ1n) is 8.14. The zero-order valence-corrected chi connectivity index (χ0v) is 13.3. The molecule has 0 aliphatic heterocycles. The van der Waals surface area contributed by atoms with Crippen molar-refractivity contribution in [2.75, 3.05) is 0 Å². The Kier molecular flexibility index (Phi) is 4.64. The zero-order valence-electron chi connectivity index (χ0n) is 13.3. The highest BCUT2D eigenvalue weighted by Gasteiger charge is 2.40. The van der Waals surface area contributed by atoms with E-state index in [0.29, 0.717) is 10.7 Å². The molecule has 1 heteroatoms. The van der Waals surface area contributed by atoms with Crippen LogP contribution in [-0.2, 0) is 0 Å². The lowest BCUT2D eigenvalue weighted by molar-refractivity contribution is 0.216.